The molecule has 0 aliphatic carbocycles. The molecular formula is C27H28ClN3O3. The average molecular weight is 478 g/mol. The summed E-state index contributed by atoms with van der Waals surface area (Å²) in [5.41, 5.74) is 2.94. The molecule has 0 aromatic heterocycles. The fourth-order valence-electron chi connectivity index (χ4n) is 4.58. The lowest BCUT2D eigenvalue weighted by Crippen LogP contribution is -2.48. The van der Waals surface area contributed by atoms with Crippen LogP contribution in [0.2, 0.25) is 5.02 Å². The Labute approximate surface area is 205 Å². The van der Waals surface area contributed by atoms with Crippen LogP contribution in [0.5, 0.6) is 11.5 Å². The summed E-state index contributed by atoms with van der Waals surface area (Å²) >= 11 is 6.31. The van der Waals surface area contributed by atoms with Crippen LogP contribution in [0.1, 0.15) is 24.0 Å². The van der Waals surface area contributed by atoms with Crippen molar-refractivity contribution in [2.24, 2.45) is 0 Å². The van der Waals surface area contributed by atoms with Crippen LogP contribution in [0.15, 0.2) is 72.8 Å². The van der Waals surface area contributed by atoms with Gasteiger partial charge >= 0.3 is 6.03 Å². The van der Waals surface area contributed by atoms with Crippen molar-refractivity contribution in [3.63, 3.8) is 0 Å². The number of halogens is 1. The summed E-state index contributed by atoms with van der Waals surface area (Å²) in [6.45, 7) is 3.53. The number of urea groups is 1. The maximum atomic E-state index is 13.5. The molecule has 0 bridgehead atoms. The van der Waals surface area contributed by atoms with Crippen LogP contribution >= 0.6 is 11.6 Å². The molecule has 2 amide bonds. The topological polar surface area (TPSA) is 54.0 Å². The molecule has 0 spiro atoms. The second-order valence-electron chi connectivity index (χ2n) is 8.72. The number of rotatable bonds is 6. The van der Waals surface area contributed by atoms with Gasteiger partial charge < -0.3 is 19.7 Å². The first-order valence-electron chi connectivity index (χ1n) is 11.6. The van der Waals surface area contributed by atoms with E-state index in [0.29, 0.717) is 17.3 Å². The van der Waals surface area contributed by atoms with Gasteiger partial charge in [0.05, 0.1) is 10.7 Å². The lowest BCUT2D eigenvalue weighted by atomic mass is 10.0. The fraction of sp³-hybridized carbons (Fsp3) is 0.296. The lowest BCUT2D eigenvalue weighted by Gasteiger charge is -2.38. The zero-order valence-electron chi connectivity index (χ0n) is 19.0. The quantitative estimate of drug-likeness (QED) is 0.490. The second-order valence-corrected chi connectivity index (χ2v) is 9.13. The van der Waals surface area contributed by atoms with E-state index in [0.717, 1.165) is 49.5 Å². The molecular weight excluding hydrogens is 450 g/mol. The summed E-state index contributed by atoms with van der Waals surface area (Å²) in [6, 6.07) is 23.7. The number of hydrogen-bond donors (Lipinski definition) is 1. The molecule has 1 N–H and O–H groups in total. The van der Waals surface area contributed by atoms with E-state index in [4.69, 9.17) is 21.1 Å². The van der Waals surface area contributed by atoms with Crippen LogP contribution in [0.3, 0.4) is 0 Å². The Kier molecular flexibility index (Phi) is 6.88. The van der Waals surface area contributed by atoms with Crippen molar-refractivity contribution in [1.82, 2.24) is 9.80 Å². The number of para-hydroxylation sites is 1. The van der Waals surface area contributed by atoms with Gasteiger partial charge in [0, 0.05) is 32.2 Å². The monoisotopic (exact) mass is 477 g/mol. The third-order valence-corrected chi connectivity index (χ3v) is 6.74. The van der Waals surface area contributed by atoms with Gasteiger partial charge in [-0.2, -0.15) is 0 Å². The average Bonchev–Trinajstić information content (AvgIpc) is 3.33. The predicted octanol–water partition coefficient (Wildman–Crippen LogP) is 5.77. The minimum Gasteiger partial charge on any atom is -0.454 e. The normalized spacial score (nSPS) is 15.8. The first-order chi connectivity index (χ1) is 16.7. The number of fused-ring (bicyclic) bond motifs is 1. The van der Waals surface area contributed by atoms with Crippen LogP contribution in [-0.2, 0) is 13.1 Å². The Morgan fingerprint density at radius 2 is 1.68 bits per heavy atom. The number of anilines is 1. The highest BCUT2D eigenvalue weighted by Gasteiger charge is 2.29. The third-order valence-electron chi connectivity index (χ3n) is 6.41. The van der Waals surface area contributed by atoms with Crippen LogP contribution < -0.4 is 14.8 Å². The van der Waals surface area contributed by atoms with Crippen LogP contribution in [-0.4, -0.2) is 41.8 Å². The van der Waals surface area contributed by atoms with Gasteiger partial charge in [-0.25, -0.2) is 4.79 Å². The molecule has 3 aromatic carbocycles. The number of nitrogens with one attached hydrogen (secondary N) is 1. The molecule has 34 heavy (non-hydrogen) atoms. The van der Waals surface area contributed by atoms with Crippen molar-refractivity contribution in [2.45, 2.75) is 32.0 Å². The molecule has 0 saturated carbocycles. The third kappa shape index (κ3) is 5.29. The lowest BCUT2D eigenvalue weighted by molar-refractivity contribution is 0.119. The summed E-state index contributed by atoms with van der Waals surface area (Å²) in [7, 11) is 0. The van der Waals surface area contributed by atoms with E-state index >= 15 is 0 Å². The maximum Gasteiger partial charge on any atom is 0.322 e. The molecule has 1 fully saturated rings. The molecule has 7 heteroatoms. The molecule has 0 atom stereocenters. The smallest absolute Gasteiger partial charge is 0.322 e. The van der Waals surface area contributed by atoms with Gasteiger partial charge in [0.2, 0.25) is 6.79 Å². The summed E-state index contributed by atoms with van der Waals surface area (Å²) < 4.78 is 11.0. The number of amides is 2. The van der Waals surface area contributed by atoms with Crippen molar-refractivity contribution in [2.75, 3.05) is 25.2 Å². The van der Waals surface area contributed by atoms with Crippen LogP contribution in [0.25, 0.3) is 0 Å². The van der Waals surface area contributed by atoms with Gasteiger partial charge in [0.1, 0.15) is 0 Å². The van der Waals surface area contributed by atoms with Crippen LogP contribution in [0, 0.1) is 0 Å². The Bertz CT molecular complexity index is 1130. The van der Waals surface area contributed by atoms with Crippen LogP contribution in [0.4, 0.5) is 10.5 Å². The van der Waals surface area contributed by atoms with Crippen molar-refractivity contribution in [3.8, 4) is 11.5 Å². The largest absolute Gasteiger partial charge is 0.454 e. The molecule has 2 aliphatic rings. The minimum absolute atomic E-state index is 0.125. The molecule has 0 unspecified atom stereocenters. The number of nitrogens with zero attached hydrogens (tertiary/aromatic N) is 2. The van der Waals surface area contributed by atoms with E-state index < -0.39 is 0 Å². The highest BCUT2D eigenvalue weighted by atomic mass is 35.5. The van der Waals surface area contributed by atoms with Gasteiger partial charge in [0.25, 0.3) is 0 Å². The molecule has 6 nitrogen and oxygen atoms in total. The Morgan fingerprint density at radius 3 is 2.47 bits per heavy atom. The van der Waals surface area contributed by atoms with Gasteiger partial charge in [0.15, 0.2) is 11.5 Å². The van der Waals surface area contributed by atoms with E-state index in [2.05, 4.69) is 34.5 Å². The molecule has 5 rings (SSSR count). The van der Waals surface area contributed by atoms with Crippen molar-refractivity contribution in [1.29, 1.82) is 0 Å². The standard InChI is InChI=1S/C27H28ClN3O3/c28-23-8-4-5-9-24(23)29-27(32)31(18-21-10-11-25-26(16-21)34-19-33-25)22-12-14-30(15-13-22)17-20-6-2-1-3-7-20/h1-11,16,22H,12-15,17-19H2,(H,29,32). The van der Waals surface area contributed by atoms with Crippen molar-refractivity contribution < 1.29 is 14.3 Å². The Balaban J connectivity index is 1.30. The molecule has 0 radical (unpaired) electrons. The number of ether oxygens (including phenoxy) is 2. The van der Waals surface area contributed by atoms with Gasteiger partial charge in [-0.1, -0.05) is 60.1 Å². The van der Waals surface area contributed by atoms with Gasteiger partial charge in [-0.15, -0.1) is 0 Å². The number of benzene rings is 3. The van der Waals surface area contributed by atoms with Crippen molar-refractivity contribution in [3.05, 3.63) is 88.9 Å². The fourth-order valence-corrected chi connectivity index (χ4v) is 4.77. The van der Waals surface area contributed by atoms with E-state index in [9.17, 15) is 4.79 Å². The van der Waals surface area contributed by atoms with E-state index in [1.807, 2.05) is 47.4 Å². The SMILES string of the molecule is O=C(Nc1ccccc1Cl)N(Cc1ccc2c(c1)OCO2)C1CCN(Cc2ccccc2)CC1. The number of hydrogen-bond acceptors (Lipinski definition) is 4. The molecule has 1 saturated heterocycles. The van der Waals surface area contributed by atoms with E-state index in [1.54, 1.807) is 6.07 Å². The Hall–Kier alpha value is -3.22. The minimum atomic E-state index is -0.146. The number of carbonyl (C=O) groups is 1. The predicted molar refractivity (Wildman–Crippen MR) is 133 cm³/mol. The first-order valence-corrected chi connectivity index (χ1v) is 12.0. The number of carbonyl (C=O) groups excluding carboxylic acids is 1. The Morgan fingerprint density at radius 1 is 0.941 bits per heavy atom. The molecule has 2 aliphatic heterocycles. The van der Waals surface area contributed by atoms with Gasteiger partial charge in [-0.3, -0.25) is 4.90 Å². The first kappa shape index (κ1) is 22.6. The van der Waals surface area contributed by atoms with E-state index in [-0.39, 0.29) is 18.9 Å². The highest BCUT2D eigenvalue weighted by molar-refractivity contribution is 6.33. The molecule has 176 valence electrons. The number of piperidine rings is 1. The summed E-state index contributed by atoms with van der Waals surface area (Å²) in [4.78, 5) is 17.8. The molecule has 3 aromatic rings. The highest BCUT2D eigenvalue weighted by Crippen LogP contribution is 2.33. The number of likely N-dealkylation sites (tertiary alicyclic amines) is 1. The maximum absolute atomic E-state index is 13.5. The molecule has 2 heterocycles. The summed E-state index contributed by atoms with van der Waals surface area (Å²) in [5.74, 6) is 1.46. The zero-order valence-corrected chi connectivity index (χ0v) is 19.7. The summed E-state index contributed by atoms with van der Waals surface area (Å²) in [5, 5.41) is 3.54. The second kappa shape index (κ2) is 10.4. The van der Waals surface area contributed by atoms with E-state index in [1.165, 1.54) is 5.56 Å². The summed E-state index contributed by atoms with van der Waals surface area (Å²) in [6.07, 6.45) is 1.82. The van der Waals surface area contributed by atoms with Crippen molar-refractivity contribution >= 4 is 23.3 Å². The van der Waals surface area contributed by atoms with Gasteiger partial charge in [-0.05, 0) is 48.2 Å². The zero-order chi connectivity index (χ0) is 23.3.